The molecule has 0 bridgehead atoms. The molecule has 2 saturated heterocycles. The molecule has 2 aliphatic rings. The molecular formula is C13H25N3O. The maximum absolute atomic E-state index is 11.8. The molecule has 0 aromatic heterocycles. The fourth-order valence-electron chi connectivity index (χ4n) is 2.77. The first kappa shape index (κ1) is 12.7. The Labute approximate surface area is 104 Å². The highest BCUT2D eigenvalue weighted by Gasteiger charge is 2.21. The van der Waals surface area contributed by atoms with Crippen LogP contribution < -0.4 is 5.32 Å². The third-order valence-corrected chi connectivity index (χ3v) is 4.09. The lowest BCUT2D eigenvalue weighted by atomic mass is 9.97. The van der Waals surface area contributed by atoms with Crippen molar-refractivity contribution in [1.29, 1.82) is 0 Å². The van der Waals surface area contributed by atoms with Gasteiger partial charge in [-0.2, -0.15) is 0 Å². The summed E-state index contributed by atoms with van der Waals surface area (Å²) >= 11 is 0. The number of urea groups is 1. The largest absolute Gasteiger partial charge is 0.338 e. The second-order valence-corrected chi connectivity index (χ2v) is 5.26. The summed E-state index contributed by atoms with van der Waals surface area (Å²) in [5.74, 6) is 0.685. The molecule has 0 aromatic carbocycles. The van der Waals surface area contributed by atoms with Gasteiger partial charge in [-0.15, -0.1) is 0 Å². The van der Waals surface area contributed by atoms with Gasteiger partial charge in [0.2, 0.25) is 0 Å². The van der Waals surface area contributed by atoms with Crippen LogP contribution in [-0.4, -0.2) is 55.1 Å². The third kappa shape index (κ3) is 3.60. The summed E-state index contributed by atoms with van der Waals surface area (Å²) < 4.78 is 0. The maximum Gasteiger partial charge on any atom is 0.317 e. The first-order chi connectivity index (χ1) is 8.29. The van der Waals surface area contributed by atoms with Gasteiger partial charge in [-0.05, 0) is 51.2 Å². The smallest absolute Gasteiger partial charge is 0.317 e. The molecule has 0 atom stereocenters. The van der Waals surface area contributed by atoms with Crippen LogP contribution in [0.25, 0.3) is 0 Å². The average Bonchev–Trinajstić information content (AvgIpc) is 2.90. The summed E-state index contributed by atoms with van der Waals surface area (Å²) in [6, 6.07) is 0.153. The van der Waals surface area contributed by atoms with Gasteiger partial charge in [0.25, 0.3) is 0 Å². The van der Waals surface area contributed by atoms with Crippen molar-refractivity contribution in [2.45, 2.75) is 32.6 Å². The lowest BCUT2D eigenvalue weighted by molar-refractivity contribution is 0.181. The molecular weight excluding hydrogens is 214 g/mol. The molecule has 0 aliphatic carbocycles. The molecule has 0 saturated carbocycles. The lowest BCUT2D eigenvalue weighted by Crippen LogP contribution is -2.42. The summed E-state index contributed by atoms with van der Waals surface area (Å²) in [7, 11) is 0. The van der Waals surface area contributed by atoms with E-state index in [1.165, 1.54) is 38.8 Å². The van der Waals surface area contributed by atoms with Crippen molar-refractivity contribution in [1.82, 2.24) is 15.1 Å². The van der Waals surface area contributed by atoms with Crippen molar-refractivity contribution in [3.8, 4) is 0 Å². The summed E-state index contributed by atoms with van der Waals surface area (Å²) in [6.07, 6.45) is 4.80. The predicted octanol–water partition coefficient (Wildman–Crippen LogP) is 1.52. The van der Waals surface area contributed by atoms with Gasteiger partial charge in [-0.25, -0.2) is 4.79 Å². The van der Waals surface area contributed by atoms with Crippen LogP contribution in [0.3, 0.4) is 0 Å². The van der Waals surface area contributed by atoms with Crippen LogP contribution in [-0.2, 0) is 0 Å². The Morgan fingerprint density at radius 2 is 1.82 bits per heavy atom. The molecule has 0 unspecified atom stereocenters. The highest BCUT2D eigenvalue weighted by Crippen LogP contribution is 2.16. The first-order valence-electron chi connectivity index (χ1n) is 7.04. The minimum atomic E-state index is 0.153. The number of hydrogen-bond donors (Lipinski definition) is 1. The van der Waals surface area contributed by atoms with Crippen LogP contribution in [0, 0.1) is 5.92 Å². The zero-order valence-electron chi connectivity index (χ0n) is 11.0. The molecule has 98 valence electrons. The molecule has 0 radical (unpaired) electrons. The number of carbonyl (C=O) groups is 1. The van der Waals surface area contributed by atoms with E-state index in [0.717, 1.165) is 26.2 Å². The Hall–Kier alpha value is -0.770. The van der Waals surface area contributed by atoms with Gasteiger partial charge in [-0.1, -0.05) is 6.92 Å². The van der Waals surface area contributed by atoms with Crippen LogP contribution in [0.2, 0.25) is 0 Å². The van der Waals surface area contributed by atoms with Gasteiger partial charge in [0.05, 0.1) is 0 Å². The van der Waals surface area contributed by atoms with E-state index in [-0.39, 0.29) is 6.03 Å². The number of piperidine rings is 1. The Morgan fingerprint density at radius 3 is 2.41 bits per heavy atom. The second kappa shape index (κ2) is 6.24. The number of nitrogens with zero attached hydrogens (tertiary/aromatic N) is 2. The average molecular weight is 239 g/mol. The SMILES string of the molecule is CCN1CCC(CNC(=O)N2CCCC2)CC1. The molecule has 2 heterocycles. The second-order valence-electron chi connectivity index (χ2n) is 5.26. The van der Waals surface area contributed by atoms with E-state index in [1.54, 1.807) is 0 Å². The normalized spacial score (nSPS) is 23.0. The molecule has 17 heavy (non-hydrogen) atoms. The number of nitrogens with one attached hydrogen (secondary N) is 1. The molecule has 0 spiro atoms. The molecule has 1 N–H and O–H groups in total. The Morgan fingerprint density at radius 1 is 1.18 bits per heavy atom. The summed E-state index contributed by atoms with van der Waals surface area (Å²) in [4.78, 5) is 16.2. The van der Waals surface area contributed by atoms with Crippen LogP contribution in [0.1, 0.15) is 32.6 Å². The lowest BCUT2D eigenvalue weighted by Gasteiger charge is -2.31. The number of rotatable bonds is 3. The third-order valence-electron chi connectivity index (χ3n) is 4.09. The summed E-state index contributed by atoms with van der Waals surface area (Å²) in [5.41, 5.74) is 0. The van der Waals surface area contributed by atoms with Gasteiger partial charge in [0, 0.05) is 19.6 Å². The zero-order valence-corrected chi connectivity index (χ0v) is 11.0. The number of carbonyl (C=O) groups excluding carboxylic acids is 1. The van der Waals surface area contributed by atoms with Gasteiger partial charge < -0.3 is 15.1 Å². The summed E-state index contributed by atoms with van der Waals surface area (Å²) in [5, 5.41) is 3.10. The quantitative estimate of drug-likeness (QED) is 0.810. The minimum absolute atomic E-state index is 0.153. The van der Waals surface area contributed by atoms with E-state index >= 15 is 0 Å². The topological polar surface area (TPSA) is 35.6 Å². The first-order valence-corrected chi connectivity index (χ1v) is 7.04. The molecule has 2 rings (SSSR count). The molecule has 4 nitrogen and oxygen atoms in total. The van der Waals surface area contributed by atoms with Crippen LogP contribution >= 0.6 is 0 Å². The fraction of sp³-hybridized carbons (Fsp3) is 0.923. The van der Waals surface area contributed by atoms with Crippen LogP contribution in [0.5, 0.6) is 0 Å². The van der Waals surface area contributed by atoms with E-state index < -0.39 is 0 Å². The number of amides is 2. The van der Waals surface area contributed by atoms with Gasteiger partial charge >= 0.3 is 6.03 Å². The number of hydrogen-bond acceptors (Lipinski definition) is 2. The van der Waals surface area contributed by atoms with Crippen LogP contribution in [0.4, 0.5) is 4.79 Å². The fourth-order valence-corrected chi connectivity index (χ4v) is 2.77. The van der Waals surface area contributed by atoms with Crippen molar-refractivity contribution in [3.05, 3.63) is 0 Å². The molecule has 2 amide bonds. The van der Waals surface area contributed by atoms with Gasteiger partial charge in [-0.3, -0.25) is 0 Å². The van der Waals surface area contributed by atoms with Crippen molar-refractivity contribution in [2.24, 2.45) is 5.92 Å². The van der Waals surface area contributed by atoms with Crippen molar-refractivity contribution >= 4 is 6.03 Å². The monoisotopic (exact) mass is 239 g/mol. The zero-order chi connectivity index (χ0) is 12.1. The summed E-state index contributed by atoms with van der Waals surface area (Å²) in [6.45, 7) is 8.52. The Balaban J connectivity index is 1.63. The van der Waals surface area contributed by atoms with Gasteiger partial charge in [0.15, 0.2) is 0 Å². The standard InChI is InChI=1S/C13H25N3O/c1-2-15-9-5-12(6-10-15)11-14-13(17)16-7-3-4-8-16/h12H,2-11H2,1H3,(H,14,17). The predicted molar refractivity (Wildman–Crippen MR) is 69.0 cm³/mol. The minimum Gasteiger partial charge on any atom is -0.338 e. The van der Waals surface area contributed by atoms with E-state index in [2.05, 4.69) is 17.1 Å². The van der Waals surface area contributed by atoms with Crippen molar-refractivity contribution in [2.75, 3.05) is 39.3 Å². The maximum atomic E-state index is 11.8. The van der Waals surface area contributed by atoms with E-state index in [1.807, 2.05) is 4.90 Å². The van der Waals surface area contributed by atoms with Crippen LogP contribution in [0.15, 0.2) is 0 Å². The molecule has 2 aliphatic heterocycles. The van der Waals surface area contributed by atoms with E-state index in [9.17, 15) is 4.79 Å². The highest BCUT2D eigenvalue weighted by atomic mass is 16.2. The van der Waals surface area contributed by atoms with Crippen molar-refractivity contribution in [3.63, 3.8) is 0 Å². The van der Waals surface area contributed by atoms with Gasteiger partial charge in [0.1, 0.15) is 0 Å². The molecule has 4 heteroatoms. The highest BCUT2D eigenvalue weighted by molar-refractivity contribution is 5.74. The number of likely N-dealkylation sites (tertiary alicyclic amines) is 2. The molecule has 0 aromatic rings. The van der Waals surface area contributed by atoms with E-state index in [4.69, 9.17) is 0 Å². The van der Waals surface area contributed by atoms with Crippen molar-refractivity contribution < 1.29 is 4.79 Å². The Kier molecular flexibility index (Phi) is 4.66. The Bertz CT molecular complexity index is 243. The van der Waals surface area contributed by atoms with E-state index in [0.29, 0.717) is 5.92 Å². The molecule has 2 fully saturated rings.